The number of amides is 3. The van der Waals surface area contributed by atoms with Crippen LogP contribution in [0.3, 0.4) is 0 Å². The van der Waals surface area contributed by atoms with E-state index in [0.29, 0.717) is 47.5 Å². The van der Waals surface area contributed by atoms with Crippen molar-refractivity contribution in [3.63, 3.8) is 0 Å². The molecule has 2 aliphatic rings. The van der Waals surface area contributed by atoms with Gasteiger partial charge >= 0.3 is 0 Å². The fraction of sp³-hybridized carbons (Fsp3) is 0.156. The Kier molecular flexibility index (Phi) is 7.70. The molecule has 4 aromatic rings. The highest BCUT2D eigenvalue weighted by Crippen LogP contribution is 2.36. The molecule has 6 rings (SSSR count). The zero-order valence-electron chi connectivity index (χ0n) is 22.6. The molecule has 0 unspecified atom stereocenters. The summed E-state index contributed by atoms with van der Waals surface area (Å²) in [4.78, 5) is 39.4. The molecular weight excluding hydrogens is 556 g/mol. The number of imide groups is 1. The van der Waals surface area contributed by atoms with Gasteiger partial charge in [-0.2, -0.15) is 0 Å². The molecule has 42 heavy (non-hydrogen) atoms. The predicted octanol–water partition coefficient (Wildman–Crippen LogP) is 6.22. The third kappa shape index (κ3) is 5.75. The van der Waals surface area contributed by atoms with Crippen molar-refractivity contribution in [3.8, 4) is 23.0 Å². The molecule has 4 aromatic carbocycles. The molecule has 2 aliphatic heterocycles. The highest BCUT2D eigenvalue weighted by molar-refractivity contribution is 8.18. The Morgan fingerprint density at radius 3 is 2.67 bits per heavy atom. The van der Waals surface area contributed by atoms with Gasteiger partial charge in [0.05, 0.1) is 11.5 Å². The van der Waals surface area contributed by atoms with E-state index in [2.05, 4.69) is 23.5 Å². The molecule has 212 valence electrons. The molecular formula is C32H26N2O7S. The third-order valence-corrected chi connectivity index (χ3v) is 7.57. The molecule has 0 atom stereocenters. The zero-order valence-corrected chi connectivity index (χ0v) is 23.4. The van der Waals surface area contributed by atoms with Crippen LogP contribution >= 0.6 is 11.8 Å². The lowest BCUT2D eigenvalue weighted by Gasteiger charge is -2.14. The zero-order chi connectivity index (χ0) is 29.1. The Morgan fingerprint density at radius 1 is 0.952 bits per heavy atom. The van der Waals surface area contributed by atoms with Crippen LogP contribution < -0.4 is 24.3 Å². The lowest BCUT2D eigenvalue weighted by molar-refractivity contribution is -0.127. The van der Waals surface area contributed by atoms with Crippen LogP contribution in [0.1, 0.15) is 18.1 Å². The van der Waals surface area contributed by atoms with E-state index in [4.69, 9.17) is 18.9 Å². The molecule has 0 aromatic heterocycles. The number of nitrogens with zero attached hydrogens (tertiary/aromatic N) is 1. The summed E-state index contributed by atoms with van der Waals surface area (Å²) in [5.41, 5.74) is 2.18. The fourth-order valence-corrected chi connectivity index (χ4v) is 5.52. The molecule has 2 heterocycles. The molecule has 0 spiro atoms. The molecule has 0 saturated carbocycles. The van der Waals surface area contributed by atoms with E-state index >= 15 is 0 Å². The van der Waals surface area contributed by atoms with Crippen LogP contribution in [0.2, 0.25) is 0 Å². The van der Waals surface area contributed by atoms with Crippen molar-refractivity contribution >= 4 is 51.4 Å². The Hall–Kier alpha value is -4.96. The Balaban J connectivity index is 1.13. The van der Waals surface area contributed by atoms with Crippen LogP contribution in [0.5, 0.6) is 23.0 Å². The Bertz CT molecular complexity index is 1730. The van der Waals surface area contributed by atoms with Crippen LogP contribution in [-0.2, 0) is 16.2 Å². The topological polar surface area (TPSA) is 103 Å². The maximum atomic E-state index is 13.0. The second kappa shape index (κ2) is 11.9. The van der Waals surface area contributed by atoms with E-state index in [1.807, 2.05) is 31.2 Å². The smallest absolute Gasteiger partial charge is 0.294 e. The van der Waals surface area contributed by atoms with E-state index in [0.717, 1.165) is 33.0 Å². The van der Waals surface area contributed by atoms with Crippen molar-refractivity contribution in [2.75, 3.05) is 25.3 Å². The molecule has 1 N–H and O–H groups in total. The predicted molar refractivity (Wildman–Crippen MR) is 160 cm³/mol. The Labute approximate surface area is 246 Å². The largest absolute Gasteiger partial charge is 0.490 e. The van der Waals surface area contributed by atoms with Gasteiger partial charge in [-0.05, 0) is 70.9 Å². The molecule has 0 aliphatic carbocycles. The number of carbonyl (C=O) groups is 3. The minimum absolute atomic E-state index is 0.114. The quantitative estimate of drug-likeness (QED) is 0.232. The van der Waals surface area contributed by atoms with Crippen molar-refractivity contribution in [2.45, 2.75) is 13.5 Å². The minimum Gasteiger partial charge on any atom is -0.490 e. The second-order valence-electron chi connectivity index (χ2n) is 9.45. The number of thioether (sulfide) groups is 1. The van der Waals surface area contributed by atoms with Gasteiger partial charge in [0.25, 0.3) is 11.1 Å². The fourth-order valence-electron chi connectivity index (χ4n) is 4.68. The van der Waals surface area contributed by atoms with Gasteiger partial charge < -0.3 is 24.3 Å². The van der Waals surface area contributed by atoms with Crippen molar-refractivity contribution in [3.05, 3.63) is 94.9 Å². The summed E-state index contributed by atoms with van der Waals surface area (Å²) >= 11 is 0.783. The first-order chi connectivity index (χ1) is 20.5. The van der Waals surface area contributed by atoms with Gasteiger partial charge in [-0.25, -0.2) is 0 Å². The summed E-state index contributed by atoms with van der Waals surface area (Å²) in [5, 5.41) is 4.42. The van der Waals surface area contributed by atoms with Crippen LogP contribution in [0.4, 0.5) is 10.5 Å². The van der Waals surface area contributed by atoms with Crippen molar-refractivity contribution in [2.24, 2.45) is 0 Å². The lowest BCUT2D eigenvalue weighted by atomic mass is 10.1. The number of rotatable bonds is 9. The monoisotopic (exact) mass is 582 g/mol. The number of anilines is 1. The molecule has 10 heteroatoms. The first-order valence-electron chi connectivity index (χ1n) is 13.3. The normalized spacial score (nSPS) is 15.0. The molecule has 1 fully saturated rings. The van der Waals surface area contributed by atoms with Crippen LogP contribution in [0, 0.1) is 0 Å². The van der Waals surface area contributed by atoms with E-state index in [9.17, 15) is 14.4 Å². The highest BCUT2D eigenvalue weighted by Gasteiger charge is 2.36. The van der Waals surface area contributed by atoms with Crippen molar-refractivity contribution in [1.29, 1.82) is 0 Å². The van der Waals surface area contributed by atoms with E-state index in [1.54, 1.807) is 42.5 Å². The third-order valence-electron chi connectivity index (χ3n) is 6.66. The average Bonchev–Trinajstić information content (AvgIpc) is 3.56. The standard InChI is InChI=1S/C32H26N2O7S/c1-2-38-27-14-20(10-12-25(27)39-18-22-8-5-7-21-6-3-4-9-24(21)22)15-29-31(36)34(32(37)42-29)17-30(35)33-23-11-13-26-28(16-23)41-19-40-26/h3-16H,2,17-19H2,1H3,(H,33,35)/b29-15+. The van der Waals surface area contributed by atoms with Crippen LogP contribution in [0.15, 0.2) is 83.8 Å². The number of carbonyl (C=O) groups excluding carboxylic acids is 3. The maximum absolute atomic E-state index is 13.0. The van der Waals surface area contributed by atoms with Gasteiger partial charge in [-0.1, -0.05) is 48.5 Å². The molecule has 3 amide bonds. The molecule has 0 radical (unpaired) electrons. The number of nitrogens with one attached hydrogen (secondary N) is 1. The molecule has 0 bridgehead atoms. The summed E-state index contributed by atoms with van der Waals surface area (Å²) in [6.07, 6.45) is 1.61. The molecule has 9 nitrogen and oxygen atoms in total. The van der Waals surface area contributed by atoms with E-state index in [-0.39, 0.29) is 11.7 Å². The van der Waals surface area contributed by atoms with Crippen molar-refractivity contribution < 1.29 is 33.3 Å². The summed E-state index contributed by atoms with van der Waals surface area (Å²) in [7, 11) is 0. The number of benzene rings is 4. The van der Waals surface area contributed by atoms with Gasteiger partial charge in [0.1, 0.15) is 13.2 Å². The van der Waals surface area contributed by atoms with Gasteiger partial charge in [0.2, 0.25) is 12.7 Å². The SMILES string of the molecule is CCOc1cc(/C=C2/SC(=O)N(CC(=O)Nc3ccc4c(c3)OCO4)C2=O)ccc1OCc1cccc2ccccc12. The Morgan fingerprint density at radius 2 is 1.79 bits per heavy atom. The minimum atomic E-state index is -0.542. The van der Waals surface area contributed by atoms with Crippen molar-refractivity contribution in [1.82, 2.24) is 4.90 Å². The highest BCUT2D eigenvalue weighted by atomic mass is 32.2. The number of hydrogen-bond donors (Lipinski definition) is 1. The molecule has 1 saturated heterocycles. The lowest BCUT2D eigenvalue weighted by Crippen LogP contribution is -2.36. The number of hydrogen-bond acceptors (Lipinski definition) is 8. The van der Waals surface area contributed by atoms with E-state index < -0.39 is 23.6 Å². The first-order valence-corrected chi connectivity index (χ1v) is 14.1. The average molecular weight is 583 g/mol. The second-order valence-corrected chi connectivity index (χ2v) is 10.4. The van der Waals surface area contributed by atoms with Gasteiger partial charge in [-0.15, -0.1) is 0 Å². The van der Waals surface area contributed by atoms with Gasteiger partial charge in [-0.3, -0.25) is 19.3 Å². The van der Waals surface area contributed by atoms with Gasteiger partial charge in [0.15, 0.2) is 23.0 Å². The van der Waals surface area contributed by atoms with Crippen LogP contribution in [-0.4, -0.2) is 41.9 Å². The summed E-state index contributed by atoms with van der Waals surface area (Å²) in [6.45, 7) is 2.35. The van der Waals surface area contributed by atoms with Gasteiger partial charge in [0, 0.05) is 11.8 Å². The number of ether oxygens (including phenoxy) is 4. The first kappa shape index (κ1) is 27.2. The summed E-state index contributed by atoms with van der Waals surface area (Å²) in [5.74, 6) is 1.13. The maximum Gasteiger partial charge on any atom is 0.294 e. The van der Waals surface area contributed by atoms with E-state index in [1.165, 1.54) is 0 Å². The van der Waals surface area contributed by atoms with Crippen LogP contribution in [0.25, 0.3) is 16.8 Å². The number of fused-ring (bicyclic) bond motifs is 2. The summed E-state index contributed by atoms with van der Waals surface area (Å²) < 4.78 is 22.6. The summed E-state index contributed by atoms with van der Waals surface area (Å²) in [6, 6.07) is 24.5.